The number of halogens is 1. The van der Waals surface area contributed by atoms with Gasteiger partial charge in [-0.1, -0.05) is 12.1 Å². The van der Waals surface area contributed by atoms with Gasteiger partial charge in [0.15, 0.2) is 0 Å². The van der Waals surface area contributed by atoms with Gasteiger partial charge >= 0.3 is 5.97 Å². The van der Waals surface area contributed by atoms with Crippen molar-refractivity contribution in [3.05, 3.63) is 89.6 Å². The summed E-state index contributed by atoms with van der Waals surface area (Å²) < 4.78 is 13.5. The molecule has 6 rings (SSSR count). The van der Waals surface area contributed by atoms with Crippen molar-refractivity contribution in [1.29, 1.82) is 0 Å². The smallest absolute Gasteiger partial charge is 0.303 e. The number of rotatable bonds is 8. The lowest BCUT2D eigenvalue weighted by Crippen LogP contribution is -2.48. The van der Waals surface area contributed by atoms with E-state index in [0.717, 1.165) is 22.4 Å². The zero-order chi connectivity index (χ0) is 26.9. The van der Waals surface area contributed by atoms with Gasteiger partial charge in [-0.3, -0.25) is 9.59 Å². The number of carbonyl (C=O) groups is 2. The molecule has 5 aromatic rings. The number of carbonyl (C=O) groups excluding carboxylic acids is 1. The number of aliphatic carboxylic acids is 1. The average Bonchev–Trinajstić information content (AvgIpc) is 3.33. The molecule has 1 fully saturated rings. The van der Waals surface area contributed by atoms with Gasteiger partial charge in [0.05, 0.1) is 39.4 Å². The number of carboxylic acids is 1. The number of imidazole rings is 1. The summed E-state index contributed by atoms with van der Waals surface area (Å²) in [6.07, 6.45) is 1.73. The lowest BCUT2D eigenvalue weighted by atomic mass is 9.98. The lowest BCUT2D eigenvalue weighted by molar-refractivity contribution is -0.137. The first-order valence-electron chi connectivity index (χ1n) is 13.0. The fourth-order valence-electron chi connectivity index (χ4n) is 4.97. The summed E-state index contributed by atoms with van der Waals surface area (Å²) in [5, 5.41) is 8.97. The molecule has 9 heteroatoms. The molecule has 1 aliphatic rings. The van der Waals surface area contributed by atoms with E-state index in [1.165, 1.54) is 12.1 Å². The Morgan fingerprint density at radius 3 is 2.49 bits per heavy atom. The van der Waals surface area contributed by atoms with Crippen LogP contribution in [0, 0.1) is 5.82 Å². The number of aromatic amines is 1. The number of fused-ring (bicyclic) bond motifs is 2. The summed E-state index contributed by atoms with van der Waals surface area (Å²) >= 11 is 0. The van der Waals surface area contributed by atoms with Crippen LogP contribution >= 0.6 is 0 Å². The van der Waals surface area contributed by atoms with Crippen LogP contribution in [0.2, 0.25) is 0 Å². The first kappa shape index (κ1) is 24.7. The summed E-state index contributed by atoms with van der Waals surface area (Å²) in [6, 6.07) is 19.3. The van der Waals surface area contributed by atoms with Crippen LogP contribution in [0.25, 0.3) is 33.3 Å². The summed E-state index contributed by atoms with van der Waals surface area (Å²) in [5.74, 6) is -0.193. The van der Waals surface area contributed by atoms with E-state index in [9.17, 15) is 14.0 Å². The number of aromatic nitrogens is 4. The molecule has 2 N–H and O–H groups in total. The second kappa shape index (κ2) is 10.2. The Hall–Kier alpha value is -4.66. The van der Waals surface area contributed by atoms with Gasteiger partial charge in [-0.15, -0.1) is 0 Å². The van der Waals surface area contributed by atoms with Gasteiger partial charge in [0.25, 0.3) is 5.91 Å². The number of amides is 1. The average molecular weight is 524 g/mol. The SMILES string of the molecule is O=C(O)CCCCc1nc2cc(C(=O)N3CC(c4nc5ccccc5[nH]4)C3)ccc2nc1-c1ccc(F)cc1. The molecule has 0 spiro atoms. The Morgan fingerprint density at radius 2 is 1.72 bits per heavy atom. The molecule has 0 bridgehead atoms. The number of para-hydroxylation sites is 2. The van der Waals surface area contributed by atoms with Crippen LogP contribution in [0.1, 0.15) is 47.1 Å². The van der Waals surface area contributed by atoms with Gasteiger partial charge in [-0.05, 0) is 73.9 Å². The topological polar surface area (TPSA) is 112 Å². The van der Waals surface area contributed by atoms with E-state index in [1.54, 1.807) is 35.2 Å². The number of benzene rings is 3. The van der Waals surface area contributed by atoms with E-state index in [1.807, 2.05) is 24.3 Å². The number of hydrogen-bond acceptors (Lipinski definition) is 5. The quantitative estimate of drug-likeness (QED) is 0.265. The fraction of sp³-hybridized carbons (Fsp3) is 0.233. The third kappa shape index (κ3) is 5.07. The lowest BCUT2D eigenvalue weighted by Gasteiger charge is -2.38. The van der Waals surface area contributed by atoms with Crippen LogP contribution in [0.3, 0.4) is 0 Å². The Kier molecular flexibility index (Phi) is 6.48. The van der Waals surface area contributed by atoms with E-state index in [2.05, 4.69) is 9.97 Å². The van der Waals surface area contributed by atoms with Crippen molar-refractivity contribution in [2.24, 2.45) is 0 Å². The molecule has 3 aromatic carbocycles. The zero-order valence-corrected chi connectivity index (χ0v) is 21.1. The molecule has 2 aromatic heterocycles. The Balaban J connectivity index is 1.23. The minimum absolute atomic E-state index is 0.0725. The number of aryl methyl sites for hydroxylation is 1. The van der Waals surface area contributed by atoms with Gasteiger partial charge in [-0.2, -0.15) is 0 Å². The second-order valence-electron chi connectivity index (χ2n) is 9.88. The number of H-pyrrole nitrogens is 1. The van der Waals surface area contributed by atoms with Crippen molar-refractivity contribution >= 4 is 33.9 Å². The van der Waals surface area contributed by atoms with Crippen LogP contribution in [0.5, 0.6) is 0 Å². The molecule has 8 nitrogen and oxygen atoms in total. The van der Waals surface area contributed by atoms with E-state index in [0.29, 0.717) is 60.3 Å². The maximum atomic E-state index is 13.5. The molecule has 3 heterocycles. The highest BCUT2D eigenvalue weighted by molar-refractivity contribution is 5.98. The molecular formula is C30H26FN5O3. The summed E-state index contributed by atoms with van der Waals surface area (Å²) in [7, 11) is 0. The summed E-state index contributed by atoms with van der Waals surface area (Å²) in [5.41, 5.74) is 5.72. The second-order valence-corrected chi connectivity index (χ2v) is 9.88. The van der Waals surface area contributed by atoms with Crippen molar-refractivity contribution in [3.8, 4) is 11.3 Å². The van der Waals surface area contributed by atoms with E-state index in [4.69, 9.17) is 15.1 Å². The van der Waals surface area contributed by atoms with Crippen LogP contribution in [-0.2, 0) is 11.2 Å². The minimum atomic E-state index is -0.838. The van der Waals surface area contributed by atoms with Crippen LogP contribution in [0.15, 0.2) is 66.7 Å². The number of hydrogen-bond donors (Lipinski definition) is 2. The van der Waals surface area contributed by atoms with Gasteiger partial charge in [0, 0.05) is 30.6 Å². The normalized spacial score (nSPS) is 13.6. The van der Waals surface area contributed by atoms with Gasteiger partial charge in [-0.25, -0.2) is 19.3 Å². The summed E-state index contributed by atoms with van der Waals surface area (Å²) in [4.78, 5) is 43.6. The number of carboxylic acid groups (broad SMARTS) is 1. The maximum Gasteiger partial charge on any atom is 0.303 e. The first-order valence-corrected chi connectivity index (χ1v) is 13.0. The number of nitrogens with zero attached hydrogens (tertiary/aromatic N) is 4. The molecular weight excluding hydrogens is 497 g/mol. The summed E-state index contributed by atoms with van der Waals surface area (Å²) in [6.45, 7) is 1.17. The van der Waals surface area contributed by atoms with Crippen molar-refractivity contribution in [3.63, 3.8) is 0 Å². The molecule has 0 saturated carbocycles. The molecule has 1 amide bonds. The first-order chi connectivity index (χ1) is 18.9. The third-order valence-corrected chi connectivity index (χ3v) is 7.12. The number of likely N-dealkylation sites (tertiary alicyclic amines) is 1. The fourth-order valence-corrected chi connectivity index (χ4v) is 4.97. The van der Waals surface area contributed by atoms with Crippen molar-refractivity contribution in [2.75, 3.05) is 13.1 Å². The third-order valence-electron chi connectivity index (χ3n) is 7.12. The number of unbranched alkanes of at least 4 members (excludes halogenated alkanes) is 1. The predicted octanol–water partition coefficient (Wildman–Crippen LogP) is 5.35. The zero-order valence-electron chi connectivity index (χ0n) is 21.1. The van der Waals surface area contributed by atoms with Gasteiger partial charge in [0.2, 0.25) is 0 Å². The van der Waals surface area contributed by atoms with Gasteiger partial charge < -0.3 is 15.0 Å². The van der Waals surface area contributed by atoms with Gasteiger partial charge in [0.1, 0.15) is 11.6 Å². The Morgan fingerprint density at radius 1 is 0.923 bits per heavy atom. The molecule has 196 valence electrons. The highest BCUT2D eigenvalue weighted by atomic mass is 19.1. The Labute approximate surface area is 223 Å². The standard InChI is InChI=1S/C30H26FN5O3/c31-21-12-9-18(10-13-21)28-25(7-3-4-8-27(37)38)32-26-15-19(11-14-24(26)33-28)30(39)36-16-20(17-36)29-34-22-5-1-2-6-23(22)35-29/h1-2,5-6,9-15,20H,3-4,7-8,16-17H2,(H,34,35)(H,37,38). The van der Waals surface area contributed by atoms with Crippen molar-refractivity contribution in [2.45, 2.75) is 31.6 Å². The largest absolute Gasteiger partial charge is 0.481 e. The monoisotopic (exact) mass is 523 g/mol. The van der Waals surface area contributed by atoms with Crippen LogP contribution < -0.4 is 0 Å². The molecule has 0 unspecified atom stereocenters. The van der Waals surface area contributed by atoms with Crippen molar-refractivity contribution in [1.82, 2.24) is 24.8 Å². The van der Waals surface area contributed by atoms with E-state index >= 15 is 0 Å². The molecule has 1 aliphatic heterocycles. The van der Waals surface area contributed by atoms with Crippen LogP contribution in [-0.4, -0.2) is 54.9 Å². The molecule has 1 saturated heterocycles. The highest BCUT2D eigenvalue weighted by Gasteiger charge is 2.34. The number of nitrogens with one attached hydrogen (secondary N) is 1. The van der Waals surface area contributed by atoms with E-state index < -0.39 is 5.97 Å². The molecule has 0 aliphatic carbocycles. The van der Waals surface area contributed by atoms with Crippen molar-refractivity contribution < 1.29 is 19.1 Å². The van der Waals surface area contributed by atoms with E-state index in [-0.39, 0.29) is 24.1 Å². The molecule has 0 atom stereocenters. The molecule has 0 radical (unpaired) electrons. The Bertz CT molecular complexity index is 1660. The molecule has 39 heavy (non-hydrogen) atoms. The maximum absolute atomic E-state index is 13.5. The highest BCUT2D eigenvalue weighted by Crippen LogP contribution is 2.30. The predicted molar refractivity (Wildman–Crippen MR) is 145 cm³/mol. The van der Waals surface area contributed by atoms with Crippen LogP contribution in [0.4, 0.5) is 4.39 Å². The minimum Gasteiger partial charge on any atom is -0.481 e.